The van der Waals surface area contributed by atoms with Gasteiger partial charge in [0.1, 0.15) is 0 Å². The summed E-state index contributed by atoms with van der Waals surface area (Å²) >= 11 is 0. The highest BCUT2D eigenvalue weighted by atomic mass is 14.1. The monoisotopic (exact) mass is 204 g/mol. The zero-order chi connectivity index (χ0) is 11.4. The predicted molar refractivity (Wildman–Crippen MR) is 68.6 cm³/mol. The van der Waals surface area contributed by atoms with Gasteiger partial charge in [-0.15, -0.1) is 0 Å². The number of hydrogen-bond acceptors (Lipinski definition) is 0. The molecule has 0 aliphatic rings. The Bertz CT molecular complexity index is 323. The Morgan fingerprint density at radius 3 is 2.27 bits per heavy atom. The van der Waals surface area contributed by atoms with Gasteiger partial charge in [-0.2, -0.15) is 0 Å². The van der Waals surface area contributed by atoms with Crippen molar-refractivity contribution in [3.8, 4) is 0 Å². The first-order chi connectivity index (χ1) is 7.10. The van der Waals surface area contributed by atoms with Gasteiger partial charge >= 0.3 is 0 Å². The summed E-state index contributed by atoms with van der Waals surface area (Å²) in [7, 11) is 0. The molecule has 1 atom stereocenters. The van der Waals surface area contributed by atoms with E-state index in [0.29, 0.717) is 5.92 Å². The molecule has 0 fully saturated rings. The van der Waals surface area contributed by atoms with E-state index in [1.807, 2.05) is 0 Å². The van der Waals surface area contributed by atoms with E-state index in [1.54, 1.807) is 5.56 Å². The molecule has 0 heteroatoms. The van der Waals surface area contributed by atoms with Gasteiger partial charge in [-0.25, -0.2) is 0 Å². The summed E-state index contributed by atoms with van der Waals surface area (Å²) in [5.41, 5.74) is 5.98. The molecule has 0 N–H and O–H groups in total. The molecular weight excluding hydrogens is 180 g/mol. The molecule has 15 heavy (non-hydrogen) atoms. The lowest BCUT2D eigenvalue weighted by atomic mass is 9.89. The van der Waals surface area contributed by atoms with Crippen LogP contribution in [0, 0.1) is 13.8 Å². The molecule has 1 rings (SSSR count). The summed E-state index contributed by atoms with van der Waals surface area (Å²) in [4.78, 5) is 0. The molecule has 0 nitrogen and oxygen atoms in total. The van der Waals surface area contributed by atoms with Crippen molar-refractivity contribution in [1.29, 1.82) is 0 Å². The molecular formula is C15H24. The number of rotatable bonds is 4. The minimum atomic E-state index is 0.709. The van der Waals surface area contributed by atoms with Crippen molar-refractivity contribution in [2.75, 3.05) is 0 Å². The summed E-state index contributed by atoms with van der Waals surface area (Å²) in [6.07, 6.45) is 3.72. The molecule has 0 amide bonds. The van der Waals surface area contributed by atoms with Gasteiger partial charge in [0.05, 0.1) is 0 Å². The van der Waals surface area contributed by atoms with E-state index < -0.39 is 0 Å². The molecule has 0 bridgehead atoms. The highest BCUT2D eigenvalue weighted by Crippen LogP contribution is 2.26. The van der Waals surface area contributed by atoms with Crippen molar-refractivity contribution in [1.82, 2.24) is 0 Å². The van der Waals surface area contributed by atoms with Gasteiger partial charge in [0.15, 0.2) is 0 Å². The third-order valence-corrected chi connectivity index (χ3v) is 3.36. The van der Waals surface area contributed by atoms with E-state index in [1.165, 1.54) is 29.5 Å². The van der Waals surface area contributed by atoms with Crippen molar-refractivity contribution < 1.29 is 0 Å². The minimum absolute atomic E-state index is 0.709. The van der Waals surface area contributed by atoms with Crippen LogP contribution in [0.2, 0.25) is 0 Å². The molecule has 0 saturated heterocycles. The van der Waals surface area contributed by atoms with Crippen molar-refractivity contribution in [2.45, 2.75) is 59.8 Å². The van der Waals surface area contributed by atoms with Crippen LogP contribution in [0.4, 0.5) is 0 Å². The van der Waals surface area contributed by atoms with Crippen molar-refractivity contribution >= 4 is 0 Å². The van der Waals surface area contributed by atoms with Gasteiger partial charge in [-0.3, -0.25) is 0 Å². The molecule has 0 aliphatic carbocycles. The second kappa shape index (κ2) is 5.34. The first-order valence-corrected chi connectivity index (χ1v) is 6.20. The molecule has 0 saturated carbocycles. The standard InChI is InChI=1S/C15H24/c1-6-8-11(3)15-10-14(7-2)12(4)9-13(15)5/h9-11H,6-8H2,1-5H3. The fourth-order valence-corrected chi connectivity index (χ4v) is 2.42. The SMILES string of the molecule is CCCC(C)c1cc(CC)c(C)cc1C. The normalized spacial score (nSPS) is 12.9. The Balaban J connectivity index is 3.06. The summed E-state index contributed by atoms with van der Waals surface area (Å²) in [6, 6.07) is 4.77. The summed E-state index contributed by atoms with van der Waals surface area (Å²) < 4.78 is 0. The van der Waals surface area contributed by atoms with E-state index in [0.717, 1.165) is 6.42 Å². The van der Waals surface area contributed by atoms with Crippen LogP contribution >= 0.6 is 0 Å². The maximum absolute atomic E-state index is 2.42. The lowest BCUT2D eigenvalue weighted by molar-refractivity contribution is 0.660. The molecule has 1 unspecified atom stereocenters. The predicted octanol–water partition coefficient (Wildman–Crippen LogP) is 4.77. The molecule has 1 aromatic rings. The third kappa shape index (κ3) is 2.84. The Hall–Kier alpha value is -0.780. The second-order valence-corrected chi connectivity index (χ2v) is 4.68. The third-order valence-electron chi connectivity index (χ3n) is 3.36. The van der Waals surface area contributed by atoms with E-state index in [9.17, 15) is 0 Å². The average Bonchev–Trinajstić information content (AvgIpc) is 2.18. The fraction of sp³-hybridized carbons (Fsp3) is 0.600. The minimum Gasteiger partial charge on any atom is -0.0654 e. The number of hydrogen-bond donors (Lipinski definition) is 0. The fourth-order valence-electron chi connectivity index (χ4n) is 2.42. The zero-order valence-electron chi connectivity index (χ0n) is 10.9. The molecule has 0 spiro atoms. The molecule has 0 radical (unpaired) electrons. The van der Waals surface area contributed by atoms with E-state index >= 15 is 0 Å². The van der Waals surface area contributed by atoms with Crippen molar-refractivity contribution in [3.63, 3.8) is 0 Å². The van der Waals surface area contributed by atoms with Crippen molar-refractivity contribution in [2.24, 2.45) is 0 Å². The van der Waals surface area contributed by atoms with E-state index in [-0.39, 0.29) is 0 Å². The smallest absolute Gasteiger partial charge is 0.0188 e. The Kier molecular flexibility index (Phi) is 4.38. The summed E-state index contributed by atoms with van der Waals surface area (Å²) in [5, 5.41) is 0. The van der Waals surface area contributed by atoms with Crippen LogP contribution in [0.5, 0.6) is 0 Å². The van der Waals surface area contributed by atoms with Crippen LogP contribution in [-0.2, 0) is 6.42 Å². The first kappa shape index (κ1) is 12.3. The van der Waals surface area contributed by atoms with Crippen LogP contribution in [0.1, 0.15) is 61.8 Å². The van der Waals surface area contributed by atoms with Crippen LogP contribution in [0.15, 0.2) is 12.1 Å². The Labute approximate surface area is 94.7 Å². The molecule has 0 aromatic heterocycles. The van der Waals surface area contributed by atoms with Crippen LogP contribution in [-0.4, -0.2) is 0 Å². The van der Waals surface area contributed by atoms with Crippen LogP contribution < -0.4 is 0 Å². The van der Waals surface area contributed by atoms with Gasteiger partial charge in [0, 0.05) is 0 Å². The topological polar surface area (TPSA) is 0 Å². The highest BCUT2D eigenvalue weighted by molar-refractivity contribution is 5.38. The van der Waals surface area contributed by atoms with Gasteiger partial charge < -0.3 is 0 Å². The maximum atomic E-state index is 2.42. The van der Waals surface area contributed by atoms with Gasteiger partial charge in [0.2, 0.25) is 0 Å². The Morgan fingerprint density at radius 1 is 1.07 bits per heavy atom. The molecule has 84 valence electrons. The quantitative estimate of drug-likeness (QED) is 0.662. The molecule has 0 heterocycles. The zero-order valence-corrected chi connectivity index (χ0v) is 10.9. The van der Waals surface area contributed by atoms with Crippen LogP contribution in [0.3, 0.4) is 0 Å². The van der Waals surface area contributed by atoms with E-state index in [2.05, 4.69) is 46.8 Å². The number of aryl methyl sites for hydroxylation is 3. The van der Waals surface area contributed by atoms with Crippen molar-refractivity contribution in [3.05, 3.63) is 34.4 Å². The Morgan fingerprint density at radius 2 is 1.73 bits per heavy atom. The second-order valence-electron chi connectivity index (χ2n) is 4.68. The largest absolute Gasteiger partial charge is 0.0654 e. The van der Waals surface area contributed by atoms with Gasteiger partial charge in [-0.1, -0.05) is 39.3 Å². The maximum Gasteiger partial charge on any atom is -0.0188 e. The molecule has 1 aromatic carbocycles. The summed E-state index contributed by atoms with van der Waals surface area (Å²) in [5.74, 6) is 0.709. The lowest BCUT2D eigenvalue weighted by Gasteiger charge is -2.17. The van der Waals surface area contributed by atoms with Crippen LogP contribution in [0.25, 0.3) is 0 Å². The molecule has 0 aliphatic heterocycles. The number of benzene rings is 1. The first-order valence-electron chi connectivity index (χ1n) is 6.20. The van der Waals surface area contributed by atoms with E-state index in [4.69, 9.17) is 0 Å². The van der Waals surface area contributed by atoms with Gasteiger partial charge in [-0.05, 0) is 54.9 Å². The highest BCUT2D eigenvalue weighted by Gasteiger charge is 2.09. The summed E-state index contributed by atoms with van der Waals surface area (Å²) in [6.45, 7) is 11.3. The lowest BCUT2D eigenvalue weighted by Crippen LogP contribution is -1.99. The van der Waals surface area contributed by atoms with Gasteiger partial charge in [0.25, 0.3) is 0 Å². The average molecular weight is 204 g/mol.